The molecule has 112 valence electrons. The molecule has 0 bridgehead atoms. The van der Waals surface area contributed by atoms with Crippen molar-refractivity contribution in [2.45, 2.75) is 31.7 Å². The van der Waals surface area contributed by atoms with Gasteiger partial charge in [-0.1, -0.05) is 17.7 Å². The number of halogens is 2. The molecule has 2 heterocycles. The van der Waals surface area contributed by atoms with Crippen LogP contribution < -0.4 is 0 Å². The Morgan fingerprint density at radius 2 is 2.10 bits per heavy atom. The van der Waals surface area contributed by atoms with E-state index < -0.39 is 0 Å². The highest BCUT2D eigenvalue weighted by atomic mass is 35.5. The SMILES string of the molecule is CC(C(=O)N1CCCC1)n1c(CCl)nc2c(Cl)cccc21. The van der Waals surface area contributed by atoms with E-state index in [1.807, 2.05) is 28.5 Å². The fourth-order valence-corrected chi connectivity index (χ4v) is 3.37. The van der Waals surface area contributed by atoms with E-state index in [4.69, 9.17) is 23.2 Å². The van der Waals surface area contributed by atoms with Crippen LogP contribution in [0.15, 0.2) is 18.2 Å². The summed E-state index contributed by atoms with van der Waals surface area (Å²) in [5.41, 5.74) is 1.56. The Morgan fingerprint density at radius 3 is 2.76 bits per heavy atom. The number of benzene rings is 1. The van der Waals surface area contributed by atoms with Crippen LogP contribution in [0.5, 0.6) is 0 Å². The number of likely N-dealkylation sites (tertiary alicyclic amines) is 1. The van der Waals surface area contributed by atoms with Crippen LogP contribution in [0.2, 0.25) is 5.02 Å². The van der Waals surface area contributed by atoms with Gasteiger partial charge < -0.3 is 9.47 Å². The summed E-state index contributed by atoms with van der Waals surface area (Å²) in [6.07, 6.45) is 2.16. The average molecular weight is 326 g/mol. The lowest BCUT2D eigenvalue weighted by Crippen LogP contribution is -2.34. The Morgan fingerprint density at radius 1 is 1.38 bits per heavy atom. The van der Waals surface area contributed by atoms with Gasteiger partial charge >= 0.3 is 0 Å². The third kappa shape index (κ3) is 2.51. The van der Waals surface area contributed by atoms with E-state index in [1.165, 1.54) is 0 Å². The predicted molar refractivity (Wildman–Crippen MR) is 84.8 cm³/mol. The second kappa shape index (κ2) is 5.85. The molecule has 1 aromatic carbocycles. The quantitative estimate of drug-likeness (QED) is 0.808. The second-order valence-electron chi connectivity index (χ2n) is 5.35. The lowest BCUT2D eigenvalue weighted by molar-refractivity contribution is -0.133. The number of hydrogen-bond acceptors (Lipinski definition) is 2. The van der Waals surface area contributed by atoms with Crippen LogP contribution in [0.25, 0.3) is 11.0 Å². The molecule has 1 unspecified atom stereocenters. The smallest absolute Gasteiger partial charge is 0.245 e. The normalized spacial score (nSPS) is 16.6. The molecule has 4 nitrogen and oxygen atoms in total. The van der Waals surface area contributed by atoms with Crippen molar-refractivity contribution in [3.8, 4) is 0 Å². The van der Waals surface area contributed by atoms with Crippen LogP contribution in [-0.4, -0.2) is 33.4 Å². The molecule has 0 aliphatic carbocycles. The Hall–Kier alpha value is -1.26. The monoisotopic (exact) mass is 325 g/mol. The number of aromatic nitrogens is 2. The third-order valence-electron chi connectivity index (χ3n) is 4.03. The maximum Gasteiger partial charge on any atom is 0.245 e. The molecule has 21 heavy (non-hydrogen) atoms. The molecule has 0 radical (unpaired) electrons. The molecule has 6 heteroatoms. The zero-order valence-electron chi connectivity index (χ0n) is 11.9. The third-order valence-corrected chi connectivity index (χ3v) is 4.57. The summed E-state index contributed by atoms with van der Waals surface area (Å²) in [6, 6.07) is 5.28. The molecule has 3 rings (SSSR count). The minimum atomic E-state index is -0.319. The van der Waals surface area contributed by atoms with Crippen LogP contribution in [-0.2, 0) is 10.7 Å². The van der Waals surface area contributed by atoms with Crippen molar-refractivity contribution < 1.29 is 4.79 Å². The zero-order chi connectivity index (χ0) is 15.0. The van der Waals surface area contributed by atoms with Crippen molar-refractivity contribution in [2.24, 2.45) is 0 Å². The van der Waals surface area contributed by atoms with Crippen LogP contribution in [0.1, 0.15) is 31.6 Å². The summed E-state index contributed by atoms with van der Waals surface area (Å²) >= 11 is 12.2. The number of alkyl halides is 1. The molecule has 0 saturated carbocycles. The summed E-state index contributed by atoms with van der Waals surface area (Å²) in [6.45, 7) is 3.58. The van der Waals surface area contributed by atoms with Crippen LogP contribution >= 0.6 is 23.2 Å². The molecule has 0 spiro atoms. The second-order valence-corrected chi connectivity index (χ2v) is 6.02. The van der Waals surface area contributed by atoms with Gasteiger partial charge in [-0.3, -0.25) is 4.79 Å². The maximum absolute atomic E-state index is 12.6. The number of para-hydroxylation sites is 1. The highest BCUT2D eigenvalue weighted by Crippen LogP contribution is 2.28. The van der Waals surface area contributed by atoms with E-state index in [0.29, 0.717) is 16.4 Å². The van der Waals surface area contributed by atoms with Gasteiger partial charge in [-0.15, -0.1) is 11.6 Å². The highest BCUT2D eigenvalue weighted by Gasteiger charge is 2.27. The maximum atomic E-state index is 12.6. The van der Waals surface area contributed by atoms with Gasteiger partial charge in [0.1, 0.15) is 17.4 Å². The highest BCUT2D eigenvalue weighted by molar-refractivity contribution is 6.35. The first kappa shape index (κ1) is 14.7. The predicted octanol–water partition coefficient (Wildman–Crippen LogP) is 3.61. The van der Waals surface area contributed by atoms with Gasteiger partial charge in [-0.2, -0.15) is 0 Å². The van der Waals surface area contributed by atoms with Gasteiger partial charge in [-0.05, 0) is 31.9 Å². The topological polar surface area (TPSA) is 38.1 Å². The summed E-state index contributed by atoms with van der Waals surface area (Å²) in [5.74, 6) is 1.06. The molecule has 1 aromatic heterocycles. The Kier molecular flexibility index (Phi) is 4.09. The summed E-state index contributed by atoms with van der Waals surface area (Å²) < 4.78 is 1.91. The summed E-state index contributed by atoms with van der Waals surface area (Å²) in [5, 5.41) is 0.582. The summed E-state index contributed by atoms with van der Waals surface area (Å²) in [4.78, 5) is 19.0. The van der Waals surface area contributed by atoms with Crippen molar-refractivity contribution in [2.75, 3.05) is 13.1 Å². The summed E-state index contributed by atoms with van der Waals surface area (Å²) in [7, 11) is 0. The van der Waals surface area contributed by atoms with Crippen LogP contribution in [0.3, 0.4) is 0 Å². The number of hydrogen-bond donors (Lipinski definition) is 0. The number of imidazole rings is 1. The fraction of sp³-hybridized carbons (Fsp3) is 0.467. The van der Waals surface area contributed by atoms with Crippen molar-refractivity contribution in [3.05, 3.63) is 29.0 Å². The largest absolute Gasteiger partial charge is 0.341 e. The first-order valence-corrected chi connectivity index (χ1v) is 8.05. The van der Waals surface area contributed by atoms with E-state index in [-0.39, 0.29) is 17.8 Å². The molecule has 1 aliphatic rings. The molecule has 1 amide bonds. The molecule has 1 fully saturated rings. The number of nitrogens with zero attached hydrogens (tertiary/aromatic N) is 3. The number of fused-ring (bicyclic) bond motifs is 1. The van der Waals surface area contributed by atoms with E-state index in [9.17, 15) is 4.79 Å². The van der Waals surface area contributed by atoms with Gasteiger partial charge in [0, 0.05) is 13.1 Å². The average Bonchev–Trinajstić information content (AvgIpc) is 3.13. The zero-order valence-corrected chi connectivity index (χ0v) is 13.4. The molecular formula is C15H17Cl2N3O. The number of amides is 1. The minimum Gasteiger partial charge on any atom is -0.341 e. The minimum absolute atomic E-state index is 0.123. The first-order chi connectivity index (χ1) is 10.1. The van der Waals surface area contributed by atoms with Gasteiger partial charge in [0.25, 0.3) is 0 Å². The van der Waals surface area contributed by atoms with Crippen molar-refractivity contribution in [1.29, 1.82) is 0 Å². The van der Waals surface area contributed by atoms with E-state index in [0.717, 1.165) is 31.4 Å². The molecule has 1 atom stereocenters. The first-order valence-electron chi connectivity index (χ1n) is 7.13. The lowest BCUT2D eigenvalue weighted by atomic mass is 10.2. The van der Waals surface area contributed by atoms with Crippen LogP contribution in [0.4, 0.5) is 0 Å². The number of rotatable bonds is 3. The van der Waals surface area contributed by atoms with Crippen LogP contribution in [0, 0.1) is 0 Å². The Labute approximate surface area is 133 Å². The molecule has 1 aliphatic heterocycles. The van der Waals surface area contributed by atoms with E-state index in [1.54, 1.807) is 6.07 Å². The van der Waals surface area contributed by atoms with Crippen molar-refractivity contribution in [1.82, 2.24) is 14.5 Å². The van der Waals surface area contributed by atoms with E-state index >= 15 is 0 Å². The molecular weight excluding hydrogens is 309 g/mol. The van der Waals surface area contributed by atoms with E-state index in [2.05, 4.69) is 4.98 Å². The fourth-order valence-electron chi connectivity index (χ4n) is 2.97. The van der Waals surface area contributed by atoms with Crippen molar-refractivity contribution in [3.63, 3.8) is 0 Å². The van der Waals surface area contributed by atoms with Gasteiger partial charge in [0.15, 0.2) is 0 Å². The van der Waals surface area contributed by atoms with Crippen molar-refractivity contribution >= 4 is 40.1 Å². The van der Waals surface area contributed by atoms with Gasteiger partial charge in [-0.25, -0.2) is 4.98 Å². The van der Waals surface area contributed by atoms with Gasteiger partial charge in [0.05, 0.1) is 16.4 Å². The Balaban J connectivity index is 2.05. The molecule has 2 aromatic rings. The number of carbonyl (C=O) groups excluding carboxylic acids is 1. The molecule has 0 N–H and O–H groups in total. The Bertz CT molecular complexity index is 677. The van der Waals surface area contributed by atoms with Gasteiger partial charge in [0.2, 0.25) is 5.91 Å². The number of carbonyl (C=O) groups is 1. The molecule has 1 saturated heterocycles. The standard InChI is InChI=1S/C15H17Cl2N3O/c1-10(15(21)19-7-2-3-8-19)20-12-6-4-5-11(17)14(12)18-13(20)9-16/h4-6,10H,2-3,7-9H2,1H3. The lowest BCUT2D eigenvalue weighted by Gasteiger charge is -2.23.